The third-order valence-electron chi connectivity index (χ3n) is 3.63. The maximum atomic E-state index is 5.97. The van der Waals surface area contributed by atoms with Gasteiger partial charge in [0, 0.05) is 34.5 Å². The number of hydrogen-bond acceptors (Lipinski definition) is 2. The quantitative estimate of drug-likeness (QED) is 0.827. The normalized spacial score (nSPS) is 25.4. The maximum absolute atomic E-state index is 5.97. The van der Waals surface area contributed by atoms with Gasteiger partial charge in [0.05, 0.1) is 0 Å². The summed E-state index contributed by atoms with van der Waals surface area (Å²) >= 11 is 7.96. The summed E-state index contributed by atoms with van der Waals surface area (Å²) in [6, 6.07) is 8.77. The van der Waals surface area contributed by atoms with Gasteiger partial charge in [0.1, 0.15) is 0 Å². The van der Waals surface area contributed by atoms with Gasteiger partial charge in [0.15, 0.2) is 0 Å². The molecule has 1 heterocycles. The summed E-state index contributed by atoms with van der Waals surface area (Å²) in [7, 11) is 0. The van der Waals surface area contributed by atoms with Crippen molar-refractivity contribution < 1.29 is 0 Å². The van der Waals surface area contributed by atoms with Crippen LogP contribution in [0.15, 0.2) is 29.2 Å². The first-order valence-electron chi connectivity index (χ1n) is 5.86. The molecule has 3 heteroatoms. The van der Waals surface area contributed by atoms with E-state index < -0.39 is 0 Å². The van der Waals surface area contributed by atoms with Crippen molar-refractivity contribution in [2.45, 2.75) is 29.2 Å². The van der Waals surface area contributed by atoms with Crippen LogP contribution in [0, 0.1) is 0 Å². The summed E-state index contributed by atoms with van der Waals surface area (Å²) in [6.45, 7) is 1.08. The van der Waals surface area contributed by atoms with Crippen LogP contribution in [0.25, 0.3) is 0 Å². The van der Waals surface area contributed by atoms with Gasteiger partial charge in [0.25, 0.3) is 0 Å². The van der Waals surface area contributed by atoms with Crippen LogP contribution in [0.2, 0.25) is 0 Å². The number of hydrogen-bond donors (Lipinski definition) is 1. The Morgan fingerprint density at radius 1 is 1.38 bits per heavy atom. The van der Waals surface area contributed by atoms with Gasteiger partial charge >= 0.3 is 0 Å². The van der Waals surface area contributed by atoms with Gasteiger partial charge in [-0.15, -0.1) is 23.4 Å². The van der Waals surface area contributed by atoms with E-state index in [-0.39, 0.29) is 5.54 Å². The molecule has 1 N–H and O–H groups in total. The lowest BCUT2D eigenvalue weighted by Gasteiger charge is -2.18. The van der Waals surface area contributed by atoms with Crippen LogP contribution < -0.4 is 5.32 Å². The van der Waals surface area contributed by atoms with E-state index in [9.17, 15) is 0 Å². The second-order valence-electron chi connectivity index (χ2n) is 4.84. The number of rotatable bonds is 4. The zero-order chi connectivity index (χ0) is 11.0. The highest BCUT2D eigenvalue weighted by atomic mass is 35.5. The average Bonchev–Trinajstić information content (AvgIpc) is 3.01. The third kappa shape index (κ3) is 1.99. The highest BCUT2D eigenvalue weighted by Gasteiger charge is 2.41. The van der Waals surface area contributed by atoms with Crippen molar-refractivity contribution in [2.24, 2.45) is 0 Å². The van der Waals surface area contributed by atoms with Gasteiger partial charge in [-0.2, -0.15) is 0 Å². The highest BCUT2D eigenvalue weighted by Crippen LogP contribution is 2.41. The molecule has 0 aromatic heterocycles. The van der Waals surface area contributed by atoms with Gasteiger partial charge in [-0.05, 0) is 24.5 Å². The van der Waals surface area contributed by atoms with Gasteiger partial charge in [0.2, 0.25) is 0 Å². The Morgan fingerprint density at radius 3 is 2.94 bits per heavy atom. The van der Waals surface area contributed by atoms with E-state index in [0.717, 1.165) is 12.4 Å². The smallest absolute Gasteiger partial charge is 0.0406 e. The molecule has 0 amide bonds. The number of benzene rings is 1. The zero-order valence-electron chi connectivity index (χ0n) is 9.21. The molecule has 86 valence electrons. The Bertz CT molecular complexity index is 389. The fraction of sp³-hybridized carbons (Fsp3) is 0.538. The van der Waals surface area contributed by atoms with Gasteiger partial charge < -0.3 is 5.32 Å². The Kier molecular flexibility index (Phi) is 2.90. The first-order valence-corrected chi connectivity index (χ1v) is 7.38. The second kappa shape index (κ2) is 4.25. The molecule has 1 nitrogen and oxygen atoms in total. The van der Waals surface area contributed by atoms with Crippen LogP contribution in [0.4, 0.5) is 0 Å². The fourth-order valence-corrected chi connectivity index (χ4v) is 3.86. The van der Waals surface area contributed by atoms with Crippen molar-refractivity contribution in [2.75, 3.05) is 18.2 Å². The monoisotopic (exact) mass is 253 g/mol. The molecule has 1 aliphatic carbocycles. The van der Waals surface area contributed by atoms with Crippen molar-refractivity contribution in [3.8, 4) is 0 Å². The van der Waals surface area contributed by atoms with E-state index in [0.29, 0.717) is 5.92 Å². The van der Waals surface area contributed by atoms with Crippen LogP contribution in [0.3, 0.4) is 0 Å². The number of alkyl halides is 1. The Labute approximate surface area is 106 Å². The number of nitrogens with one attached hydrogen (secondary N) is 1. The molecule has 16 heavy (non-hydrogen) atoms. The second-order valence-corrected chi connectivity index (χ2v) is 6.17. The Balaban J connectivity index is 1.65. The molecule has 1 aromatic carbocycles. The van der Waals surface area contributed by atoms with Crippen molar-refractivity contribution in [3.63, 3.8) is 0 Å². The minimum Gasteiger partial charge on any atom is -0.309 e. The molecule has 2 aliphatic rings. The molecule has 0 saturated heterocycles. The van der Waals surface area contributed by atoms with Crippen molar-refractivity contribution in [1.29, 1.82) is 0 Å². The largest absolute Gasteiger partial charge is 0.309 e. The average molecular weight is 254 g/mol. The van der Waals surface area contributed by atoms with E-state index >= 15 is 0 Å². The summed E-state index contributed by atoms with van der Waals surface area (Å²) in [4.78, 5) is 1.46. The van der Waals surface area contributed by atoms with E-state index in [1.165, 1.54) is 29.1 Å². The summed E-state index contributed by atoms with van der Waals surface area (Å²) in [5.41, 5.74) is 1.80. The summed E-state index contributed by atoms with van der Waals surface area (Å²) in [5, 5.41) is 3.66. The molecule has 1 fully saturated rings. The first-order chi connectivity index (χ1) is 7.83. The summed E-state index contributed by atoms with van der Waals surface area (Å²) < 4.78 is 0. The maximum Gasteiger partial charge on any atom is 0.0406 e. The molecule has 1 aromatic rings. The molecule has 1 atom stereocenters. The SMILES string of the molecule is ClCC1(NCC2CSc3ccccc32)CC1. The number of thioether (sulfide) groups is 1. The molecule has 1 saturated carbocycles. The first kappa shape index (κ1) is 10.9. The van der Waals surface area contributed by atoms with Crippen LogP contribution in [0.1, 0.15) is 24.3 Å². The standard InChI is InChI=1S/C13H16ClNS/c14-9-13(5-6-13)15-7-10-8-16-12-4-2-1-3-11(10)12/h1-4,10,15H,5-9H2. The third-order valence-corrected chi connectivity index (χ3v) is 5.40. The van der Waals surface area contributed by atoms with Gasteiger partial charge in [-0.3, -0.25) is 0 Å². The summed E-state index contributed by atoms with van der Waals surface area (Å²) in [5.74, 6) is 2.64. The van der Waals surface area contributed by atoms with Gasteiger partial charge in [-0.25, -0.2) is 0 Å². The molecular weight excluding hydrogens is 238 g/mol. The molecule has 3 rings (SSSR count). The van der Waals surface area contributed by atoms with Crippen molar-refractivity contribution in [3.05, 3.63) is 29.8 Å². The Hall–Kier alpha value is -0.180. The van der Waals surface area contributed by atoms with Crippen LogP contribution in [-0.4, -0.2) is 23.7 Å². The lowest BCUT2D eigenvalue weighted by atomic mass is 10.0. The van der Waals surface area contributed by atoms with Gasteiger partial charge in [-0.1, -0.05) is 18.2 Å². The highest BCUT2D eigenvalue weighted by molar-refractivity contribution is 7.99. The minimum absolute atomic E-state index is 0.282. The van der Waals surface area contributed by atoms with Crippen molar-refractivity contribution >= 4 is 23.4 Å². The minimum atomic E-state index is 0.282. The molecule has 0 radical (unpaired) electrons. The van der Waals surface area contributed by atoms with E-state index in [2.05, 4.69) is 29.6 Å². The van der Waals surface area contributed by atoms with Crippen LogP contribution >= 0.6 is 23.4 Å². The predicted molar refractivity (Wildman–Crippen MR) is 70.6 cm³/mol. The van der Waals surface area contributed by atoms with Crippen molar-refractivity contribution in [1.82, 2.24) is 5.32 Å². The van der Waals surface area contributed by atoms with Crippen LogP contribution in [0.5, 0.6) is 0 Å². The molecule has 0 bridgehead atoms. The van der Waals surface area contributed by atoms with E-state index in [1.54, 1.807) is 0 Å². The van der Waals surface area contributed by atoms with Crippen LogP contribution in [-0.2, 0) is 0 Å². The van der Waals surface area contributed by atoms with E-state index in [1.807, 2.05) is 11.8 Å². The molecule has 0 spiro atoms. The topological polar surface area (TPSA) is 12.0 Å². The lowest BCUT2D eigenvalue weighted by Crippen LogP contribution is -2.36. The molecular formula is C13H16ClNS. The fourth-order valence-electron chi connectivity index (χ4n) is 2.25. The Morgan fingerprint density at radius 2 is 2.19 bits per heavy atom. The molecule has 1 aliphatic heterocycles. The number of fused-ring (bicyclic) bond motifs is 1. The lowest BCUT2D eigenvalue weighted by molar-refractivity contribution is 0.515. The number of halogens is 1. The van der Waals surface area contributed by atoms with E-state index in [4.69, 9.17) is 11.6 Å². The summed E-state index contributed by atoms with van der Waals surface area (Å²) in [6.07, 6.45) is 2.50. The zero-order valence-corrected chi connectivity index (χ0v) is 10.8. The predicted octanol–water partition coefficient (Wildman–Crippen LogP) is 3.24. The molecule has 1 unspecified atom stereocenters.